The second-order valence-electron chi connectivity index (χ2n) is 6.90. The number of H-pyrrole nitrogens is 2. The molecule has 0 aliphatic carbocycles. The summed E-state index contributed by atoms with van der Waals surface area (Å²) >= 11 is 0. The number of nitrogens with one attached hydrogen (secondary N) is 4. The van der Waals surface area contributed by atoms with Crippen molar-refractivity contribution in [3.63, 3.8) is 0 Å². The molecule has 0 fully saturated rings. The predicted molar refractivity (Wildman–Crippen MR) is 122 cm³/mol. The van der Waals surface area contributed by atoms with Crippen molar-refractivity contribution in [2.45, 2.75) is 0 Å². The third-order valence-electron chi connectivity index (χ3n) is 4.91. The zero-order chi connectivity index (χ0) is 21.9. The van der Waals surface area contributed by atoms with Crippen molar-refractivity contribution in [2.24, 2.45) is 0 Å². The third-order valence-corrected chi connectivity index (χ3v) is 4.91. The van der Waals surface area contributed by atoms with Gasteiger partial charge in [0.25, 0.3) is 0 Å². The van der Waals surface area contributed by atoms with E-state index >= 15 is 0 Å². The van der Waals surface area contributed by atoms with Gasteiger partial charge < -0.3 is 20.1 Å². The summed E-state index contributed by atoms with van der Waals surface area (Å²) in [5, 5.41) is 21.8. The first-order valence-electron chi connectivity index (χ1n) is 9.80. The van der Waals surface area contributed by atoms with Crippen LogP contribution >= 0.6 is 0 Å². The first kappa shape index (κ1) is 19.4. The lowest BCUT2D eigenvalue weighted by Crippen LogP contribution is -1.98. The van der Waals surface area contributed by atoms with E-state index < -0.39 is 0 Å². The van der Waals surface area contributed by atoms with Gasteiger partial charge in [0.2, 0.25) is 5.95 Å². The summed E-state index contributed by atoms with van der Waals surface area (Å²) in [5.41, 5.74) is 3.31. The summed E-state index contributed by atoms with van der Waals surface area (Å²) in [4.78, 5) is 9.06. The van der Waals surface area contributed by atoms with Crippen molar-refractivity contribution in [1.82, 2.24) is 30.4 Å². The quantitative estimate of drug-likeness (QED) is 0.303. The van der Waals surface area contributed by atoms with Crippen molar-refractivity contribution >= 4 is 34.0 Å². The average Bonchev–Trinajstić information content (AvgIpc) is 3.49. The highest BCUT2D eigenvalue weighted by molar-refractivity contribution is 5.84. The van der Waals surface area contributed by atoms with Gasteiger partial charge in [-0.25, -0.2) is 4.98 Å². The van der Waals surface area contributed by atoms with Gasteiger partial charge in [0.1, 0.15) is 17.3 Å². The molecule has 10 heteroatoms. The number of fused-ring (bicyclic) bond motifs is 1. The van der Waals surface area contributed by atoms with Crippen LogP contribution in [0.15, 0.2) is 60.9 Å². The Morgan fingerprint density at radius 3 is 2.75 bits per heavy atom. The van der Waals surface area contributed by atoms with Gasteiger partial charge in [-0.1, -0.05) is 0 Å². The van der Waals surface area contributed by atoms with Gasteiger partial charge in [-0.05, 0) is 42.5 Å². The summed E-state index contributed by atoms with van der Waals surface area (Å²) in [6, 6.07) is 15.2. The number of benzene rings is 2. The van der Waals surface area contributed by atoms with Crippen molar-refractivity contribution in [1.29, 1.82) is 0 Å². The Kier molecular flexibility index (Phi) is 5.00. The van der Waals surface area contributed by atoms with E-state index in [2.05, 4.69) is 41.0 Å². The standard InChI is InChI=1S/C22H20N8O2/c1-31-15-7-8-17(19(11-15)32-2)26-22-27-21(29-30-22)16-4-3-9-23-20(16)25-14-6-5-13-12-24-28-18(13)10-14/h3-12H,1-2H3,(H,23,25)(H,24,28)(H2,26,27,29,30). The fourth-order valence-corrected chi connectivity index (χ4v) is 3.31. The fraction of sp³-hybridized carbons (Fsp3) is 0.0909. The Labute approximate surface area is 183 Å². The minimum atomic E-state index is 0.400. The van der Waals surface area contributed by atoms with Gasteiger partial charge in [-0.15, -0.1) is 5.10 Å². The summed E-state index contributed by atoms with van der Waals surface area (Å²) in [5.74, 6) is 2.93. The molecule has 0 atom stereocenters. The molecule has 0 unspecified atom stereocenters. The van der Waals surface area contributed by atoms with Crippen molar-refractivity contribution in [2.75, 3.05) is 24.9 Å². The van der Waals surface area contributed by atoms with Gasteiger partial charge in [-0.3, -0.25) is 10.2 Å². The van der Waals surface area contributed by atoms with Crippen LogP contribution in [-0.2, 0) is 0 Å². The molecular weight excluding hydrogens is 408 g/mol. The van der Waals surface area contributed by atoms with E-state index in [9.17, 15) is 0 Å². The molecule has 0 amide bonds. The van der Waals surface area contributed by atoms with Crippen LogP contribution in [0.5, 0.6) is 11.5 Å². The number of ether oxygens (including phenoxy) is 2. The minimum Gasteiger partial charge on any atom is -0.497 e. The Morgan fingerprint density at radius 1 is 0.938 bits per heavy atom. The molecule has 10 nitrogen and oxygen atoms in total. The van der Waals surface area contributed by atoms with E-state index in [0.717, 1.165) is 27.8 Å². The summed E-state index contributed by atoms with van der Waals surface area (Å²) < 4.78 is 10.7. The molecular formula is C22H20N8O2. The molecule has 0 aliphatic rings. The van der Waals surface area contributed by atoms with Gasteiger partial charge in [0, 0.05) is 23.3 Å². The average molecular weight is 428 g/mol. The largest absolute Gasteiger partial charge is 0.497 e. The lowest BCUT2D eigenvalue weighted by Gasteiger charge is -2.10. The van der Waals surface area contributed by atoms with Crippen LogP contribution in [0.1, 0.15) is 0 Å². The molecule has 0 spiro atoms. The Bertz CT molecular complexity index is 1380. The van der Waals surface area contributed by atoms with Gasteiger partial charge in [-0.2, -0.15) is 10.1 Å². The van der Waals surface area contributed by atoms with Gasteiger partial charge in [0.05, 0.1) is 37.2 Å². The van der Waals surface area contributed by atoms with E-state index in [1.165, 1.54) is 0 Å². The highest BCUT2D eigenvalue weighted by atomic mass is 16.5. The molecule has 0 saturated carbocycles. The maximum Gasteiger partial charge on any atom is 0.246 e. The fourth-order valence-electron chi connectivity index (χ4n) is 3.31. The van der Waals surface area contributed by atoms with Crippen LogP contribution in [0.25, 0.3) is 22.3 Å². The zero-order valence-corrected chi connectivity index (χ0v) is 17.4. The lowest BCUT2D eigenvalue weighted by atomic mass is 10.2. The molecule has 32 heavy (non-hydrogen) atoms. The first-order chi connectivity index (χ1) is 15.7. The molecule has 0 bridgehead atoms. The smallest absolute Gasteiger partial charge is 0.246 e. The molecule has 4 N–H and O–H groups in total. The Hall–Kier alpha value is -4.60. The SMILES string of the molecule is COc1ccc(Nc2n[nH]c(-c3cccnc3Nc3ccc4cn[nH]c4c3)n2)c(OC)c1. The summed E-state index contributed by atoms with van der Waals surface area (Å²) in [6.45, 7) is 0. The minimum absolute atomic E-state index is 0.400. The van der Waals surface area contributed by atoms with E-state index in [4.69, 9.17) is 9.47 Å². The summed E-state index contributed by atoms with van der Waals surface area (Å²) in [7, 11) is 3.20. The van der Waals surface area contributed by atoms with E-state index in [1.54, 1.807) is 32.7 Å². The van der Waals surface area contributed by atoms with Crippen LogP contribution in [-0.4, -0.2) is 44.6 Å². The van der Waals surface area contributed by atoms with Crippen LogP contribution < -0.4 is 20.1 Å². The number of pyridine rings is 1. The van der Waals surface area contributed by atoms with E-state index in [1.807, 2.05) is 42.5 Å². The number of rotatable bonds is 7. The second kappa shape index (κ2) is 8.26. The van der Waals surface area contributed by atoms with Crippen molar-refractivity contribution in [3.8, 4) is 22.9 Å². The predicted octanol–water partition coefficient (Wildman–Crippen LogP) is 4.25. The highest BCUT2D eigenvalue weighted by Crippen LogP contribution is 2.32. The first-order valence-corrected chi connectivity index (χ1v) is 9.80. The van der Waals surface area contributed by atoms with Crippen molar-refractivity contribution < 1.29 is 9.47 Å². The third kappa shape index (κ3) is 3.76. The molecule has 2 aromatic carbocycles. The Morgan fingerprint density at radius 2 is 1.88 bits per heavy atom. The molecule has 3 heterocycles. The maximum absolute atomic E-state index is 5.43. The maximum atomic E-state index is 5.43. The molecule has 0 aliphatic heterocycles. The van der Waals surface area contributed by atoms with Crippen LogP contribution in [0.2, 0.25) is 0 Å². The monoisotopic (exact) mass is 428 g/mol. The van der Waals surface area contributed by atoms with E-state index in [-0.39, 0.29) is 0 Å². The van der Waals surface area contributed by atoms with Crippen LogP contribution in [0.3, 0.4) is 0 Å². The second-order valence-corrected chi connectivity index (χ2v) is 6.90. The number of aromatic amines is 2. The van der Waals surface area contributed by atoms with Crippen LogP contribution in [0, 0.1) is 0 Å². The zero-order valence-electron chi connectivity index (χ0n) is 17.4. The molecule has 0 radical (unpaired) electrons. The van der Waals surface area contributed by atoms with Crippen LogP contribution in [0.4, 0.5) is 23.1 Å². The number of nitrogens with zero attached hydrogens (tertiary/aromatic N) is 4. The molecule has 160 valence electrons. The number of hydrogen-bond donors (Lipinski definition) is 4. The molecule has 0 saturated heterocycles. The van der Waals surface area contributed by atoms with Crippen molar-refractivity contribution in [3.05, 3.63) is 60.9 Å². The lowest BCUT2D eigenvalue weighted by molar-refractivity contribution is 0.395. The molecule has 5 rings (SSSR count). The number of hydrogen-bond acceptors (Lipinski definition) is 8. The molecule has 5 aromatic rings. The highest BCUT2D eigenvalue weighted by Gasteiger charge is 2.13. The number of methoxy groups -OCH3 is 2. The number of aromatic nitrogens is 6. The number of anilines is 4. The van der Waals surface area contributed by atoms with Gasteiger partial charge in [0.15, 0.2) is 5.82 Å². The summed E-state index contributed by atoms with van der Waals surface area (Å²) in [6.07, 6.45) is 3.50. The Balaban J connectivity index is 1.41. The van der Waals surface area contributed by atoms with E-state index in [0.29, 0.717) is 29.1 Å². The normalized spacial score (nSPS) is 10.8. The van der Waals surface area contributed by atoms with Gasteiger partial charge >= 0.3 is 0 Å². The topological polar surface area (TPSA) is 126 Å². The molecule has 3 aromatic heterocycles.